The number of likely N-dealkylation sites (tertiary alicyclic amines) is 1. The van der Waals surface area contributed by atoms with Crippen LogP contribution in [0.5, 0.6) is 0 Å². The summed E-state index contributed by atoms with van der Waals surface area (Å²) in [5, 5.41) is 8.57. The molecule has 68 valence electrons. The van der Waals surface area contributed by atoms with Gasteiger partial charge in [0.2, 0.25) is 0 Å². The van der Waals surface area contributed by atoms with Crippen molar-refractivity contribution in [2.24, 2.45) is 17.6 Å². The molecule has 1 saturated carbocycles. The summed E-state index contributed by atoms with van der Waals surface area (Å²) in [5.74, 6) is 0.813. The summed E-state index contributed by atoms with van der Waals surface area (Å²) in [5.41, 5.74) is 5.42. The average molecular weight is 170 g/mol. The SMILES string of the molecule is NC(CN1CC2CC2C1)C(=O)O. The number of carboxylic acid groups (broad SMARTS) is 1. The van der Waals surface area contributed by atoms with Crippen LogP contribution >= 0.6 is 0 Å². The fourth-order valence-corrected chi connectivity index (χ4v) is 2.00. The van der Waals surface area contributed by atoms with E-state index in [2.05, 4.69) is 4.90 Å². The van der Waals surface area contributed by atoms with Crippen LogP contribution in [0.3, 0.4) is 0 Å². The number of carbonyl (C=O) groups is 1. The summed E-state index contributed by atoms with van der Waals surface area (Å²) in [4.78, 5) is 12.6. The fourth-order valence-electron chi connectivity index (χ4n) is 2.00. The third kappa shape index (κ3) is 1.44. The second-order valence-corrected chi connectivity index (χ2v) is 3.92. The van der Waals surface area contributed by atoms with E-state index in [1.54, 1.807) is 0 Å². The van der Waals surface area contributed by atoms with E-state index in [-0.39, 0.29) is 0 Å². The molecule has 12 heavy (non-hydrogen) atoms. The summed E-state index contributed by atoms with van der Waals surface area (Å²) in [6.07, 6.45) is 1.35. The molecule has 4 nitrogen and oxygen atoms in total. The first-order chi connectivity index (χ1) is 5.66. The minimum absolute atomic E-state index is 0.516. The maximum atomic E-state index is 10.4. The lowest BCUT2D eigenvalue weighted by molar-refractivity contribution is -0.138. The number of nitrogens with zero attached hydrogens (tertiary/aromatic N) is 1. The third-order valence-electron chi connectivity index (χ3n) is 2.83. The summed E-state index contributed by atoms with van der Waals surface area (Å²) in [6.45, 7) is 2.64. The smallest absolute Gasteiger partial charge is 0.321 e. The van der Waals surface area contributed by atoms with Crippen LogP contribution in [0, 0.1) is 11.8 Å². The molecule has 1 aliphatic heterocycles. The lowest BCUT2D eigenvalue weighted by Gasteiger charge is -2.19. The predicted molar refractivity (Wildman–Crippen MR) is 43.6 cm³/mol. The molecule has 0 aromatic rings. The van der Waals surface area contributed by atoms with E-state index < -0.39 is 12.0 Å². The van der Waals surface area contributed by atoms with Crippen molar-refractivity contribution in [3.05, 3.63) is 0 Å². The van der Waals surface area contributed by atoms with E-state index in [0.29, 0.717) is 6.54 Å². The van der Waals surface area contributed by atoms with E-state index in [9.17, 15) is 4.79 Å². The molecule has 2 aliphatic rings. The second-order valence-electron chi connectivity index (χ2n) is 3.92. The quantitative estimate of drug-likeness (QED) is 0.590. The van der Waals surface area contributed by atoms with Gasteiger partial charge in [0.15, 0.2) is 0 Å². The van der Waals surface area contributed by atoms with Crippen molar-refractivity contribution in [3.8, 4) is 0 Å². The molecule has 1 aliphatic carbocycles. The summed E-state index contributed by atoms with van der Waals surface area (Å²) in [7, 11) is 0. The number of piperidine rings is 1. The monoisotopic (exact) mass is 170 g/mol. The van der Waals surface area contributed by atoms with Crippen LogP contribution in [0.1, 0.15) is 6.42 Å². The van der Waals surface area contributed by atoms with Gasteiger partial charge in [-0.1, -0.05) is 0 Å². The van der Waals surface area contributed by atoms with Crippen LogP contribution in [0.4, 0.5) is 0 Å². The van der Waals surface area contributed by atoms with Crippen molar-refractivity contribution in [3.63, 3.8) is 0 Å². The number of carboxylic acids is 1. The van der Waals surface area contributed by atoms with E-state index in [1.165, 1.54) is 6.42 Å². The van der Waals surface area contributed by atoms with Crippen molar-refractivity contribution in [2.75, 3.05) is 19.6 Å². The van der Waals surface area contributed by atoms with Gasteiger partial charge >= 0.3 is 5.97 Å². The van der Waals surface area contributed by atoms with Crippen molar-refractivity contribution >= 4 is 5.97 Å². The van der Waals surface area contributed by atoms with E-state index in [1.807, 2.05) is 0 Å². The molecule has 0 radical (unpaired) electrons. The Hall–Kier alpha value is -0.610. The van der Waals surface area contributed by atoms with Gasteiger partial charge in [0, 0.05) is 19.6 Å². The Balaban J connectivity index is 1.76. The lowest BCUT2D eigenvalue weighted by Crippen LogP contribution is -2.42. The van der Waals surface area contributed by atoms with Gasteiger partial charge in [-0.3, -0.25) is 4.79 Å². The molecule has 3 unspecified atom stereocenters. The molecule has 3 atom stereocenters. The van der Waals surface area contributed by atoms with Gasteiger partial charge in [0.1, 0.15) is 6.04 Å². The molecular weight excluding hydrogens is 156 g/mol. The van der Waals surface area contributed by atoms with Crippen LogP contribution in [0.15, 0.2) is 0 Å². The van der Waals surface area contributed by atoms with Crippen molar-refractivity contribution in [1.82, 2.24) is 4.90 Å². The Bertz CT molecular complexity index is 197. The minimum Gasteiger partial charge on any atom is -0.480 e. The Kier molecular flexibility index (Phi) is 1.81. The first kappa shape index (κ1) is 8.01. The predicted octanol–water partition coefficient (Wildman–Crippen LogP) is -0.650. The first-order valence-corrected chi connectivity index (χ1v) is 4.37. The zero-order valence-corrected chi connectivity index (χ0v) is 6.94. The highest BCUT2D eigenvalue weighted by Gasteiger charge is 2.45. The van der Waals surface area contributed by atoms with Crippen LogP contribution in [-0.4, -0.2) is 41.7 Å². The third-order valence-corrected chi connectivity index (χ3v) is 2.83. The zero-order chi connectivity index (χ0) is 8.72. The number of aliphatic carboxylic acids is 1. The maximum absolute atomic E-state index is 10.4. The van der Waals surface area contributed by atoms with Crippen LogP contribution in [0.2, 0.25) is 0 Å². The largest absolute Gasteiger partial charge is 0.480 e. The molecule has 0 aromatic carbocycles. The van der Waals surface area contributed by atoms with Crippen LogP contribution in [0.25, 0.3) is 0 Å². The van der Waals surface area contributed by atoms with Gasteiger partial charge in [0.05, 0.1) is 0 Å². The van der Waals surface area contributed by atoms with Gasteiger partial charge < -0.3 is 15.7 Å². The maximum Gasteiger partial charge on any atom is 0.321 e. The van der Waals surface area contributed by atoms with Crippen molar-refractivity contribution < 1.29 is 9.90 Å². The van der Waals surface area contributed by atoms with E-state index in [0.717, 1.165) is 24.9 Å². The molecular formula is C8H14N2O2. The standard InChI is InChI=1S/C8H14N2O2/c9-7(8(11)12)4-10-2-5-1-6(5)3-10/h5-7H,1-4,9H2,(H,11,12). The van der Waals surface area contributed by atoms with Crippen LogP contribution < -0.4 is 5.73 Å². The normalized spacial score (nSPS) is 36.1. The molecule has 0 aromatic heterocycles. The highest BCUT2D eigenvalue weighted by molar-refractivity contribution is 5.73. The topological polar surface area (TPSA) is 66.6 Å². The molecule has 4 heteroatoms. The molecule has 1 saturated heterocycles. The van der Waals surface area contributed by atoms with Crippen LogP contribution in [-0.2, 0) is 4.79 Å². The molecule has 1 heterocycles. The molecule has 0 spiro atoms. The average Bonchev–Trinajstić information content (AvgIpc) is 2.59. The summed E-state index contributed by atoms with van der Waals surface area (Å²) < 4.78 is 0. The van der Waals surface area contributed by atoms with E-state index >= 15 is 0 Å². The molecule has 2 fully saturated rings. The van der Waals surface area contributed by atoms with Gasteiger partial charge in [-0.05, 0) is 18.3 Å². The molecule has 2 rings (SSSR count). The number of hydrogen-bond acceptors (Lipinski definition) is 3. The lowest BCUT2D eigenvalue weighted by atomic mass is 10.3. The van der Waals surface area contributed by atoms with Gasteiger partial charge in [-0.2, -0.15) is 0 Å². The minimum atomic E-state index is -0.893. The highest BCUT2D eigenvalue weighted by atomic mass is 16.4. The van der Waals surface area contributed by atoms with Gasteiger partial charge in [-0.25, -0.2) is 0 Å². The zero-order valence-electron chi connectivity index (χ0n) is 6.94. The fraction of sp³-hybridized carbons (Fsp3) is 0.875. The van der Waals surface area contributed by atoms with Gasteiger partial charge in [0.25, 0.3) is 0 Å². The van der Waals surface area contributed by atoms with Crippen molar-refractivity contribution in [2.45, 2.75) is 12.5 Å². The first-order valence-electron chi connectivity index (χ1n) is 4.37. The highest BCUT2D eigenvalue weighted by Crippen LogP contribution is 2.44. The second kappa shape index (κ2) is 2.71. The van der Waals surface area contributed by atoms with Crippen molar-refractivity contribution in [1.29, 1.82) is 0 Å². The summed E-state index contributed by atoms with van der Waals surface area (Å²) >= 11 is 0. The molecule has 0 amide bonds. The Morgan fingerprint density at radius 2 is 2.17 bits per heavy atom. The number of hydrogen-bond donors (Lipinski definition) is 2. The Morgan fingerprint density at radius 1 is 1.58 bits per heavy atom. The van der Waals surface area contributed by atoms with Gasteiger partial charge in [-0.15, -0.1) is 0 Å². The Labute approximate surface area is 71.3 Å². The number of nitrogens with two attached hydrogens (primary N) is 1. The van der Waals surface area contributed by atoms with E-state index in [4.69, 9.17) is 10.8 Å². The number of rotatable bonds is 3. The molecule has 3 N–H and O–H groups in total. The molecule has 0 bridgehead atoms. The number of fused-ring (bicyclic) bond motifs is 1. The summed E-state index contributed by atoms with van der Waals surface area (Å²) in [6, 6.07) is -0.706. The Morgan fingerprint density at radius 3 is 2.67 bits per heavy atom.